The third-order valence-corrected chi connectivity index (χ3v) is 4.28. The molecule has 5 nitrogen and oxygen atoms in total. The topological polar surface area (TPSA) is 50.3 Å². The Hall–Kier alpha value is -2.01. The lowest BCUT2D eigenvalue weighted by Crippen LogP contribution is -2.47. The third-order valence-electron chi connectivity index (χ3n) is 4.28. The van der Waals surface area contributed by atoms with Crippen LogP contribution < -0.4 is 10.6 Å². The first-order valence-corrected chi connectivity index (χ1v) is 7.37. The SMILES string of the molecule is Cc1nn(C)c(N2CCN(C)CC2c2ccccc2)c1N. The number of rotatable bonds is 2. The number of nitrogens with two attached hydrogens (primary N) is 1. The molecule has 0 bridgehead atoms. The first-order valence-electron chi connectivity index (χ1n) is 7.37. The second kappa shape index (κ2) is 5.41. The van der Waals surface area contributed by atoms with E-state index < -0.39 is 0 Å². The van der Waals surface area contributed by atoms with Crippen LogP contribution in [0.15, 0.2) is 30.3 Å². The van der Waals surface area contributed by atoms with Gasteiger partial charge in [-0.05, 0) is 19.5 Å². The van der Waals surface area contributed by atoms with Gasteiger partial charge in [-0.3, -0.25) is 4.68 Å². The Morgan fingerprint density at radius 1 is 1.14 bits per heavy atom. The van der Waals surface area contributed by atoms with Crippen molar-refractivity contribution in [3.63, 3.8) is 0 Å². The van der Waals surface area contributed by atoms with Crippen LogP contribution in [0, 0.1) is 6.92 Å². The molecule has 0 spiro atoms. The van der Waals surface area contributed by atoms with E-state index in [-0.39, 0.29) is 0 Å². The van der Waals surface area contributed by atoms with Crippen LogP contribution in [0.3, 0.4) is 0 Å². The summed E-state index contributed by atoms with van der Waals surface area (Å²) < 4.78 is 1.91. The van der Waals surface area contributed by atoms with E-state index in [2.05, 4.69) is 52.3 Å². The zero-order chi connectivity index (χ0) is 15.0. The molecule has 0 radical (unpaired) electrons. The van der Waals surface area contributed by atoms with Crippen molar-refractivity contribution < 1.29 is 0 Å². The summed E-state index contributed by atoms with van der Waals surface area (Å²) in [5.74, 6) is 1.04. The quantitative estimate of drug-likeness (QED) is 0.914. The molecule has 21 heavy (non-hydrogen) atoms. The van der Waals surface area contributed by atoms with Gasteiger partial charge in [0.2, 0.25) is 0 Å². The smallest absolute Gasteiger partial charge is 0.151 e. The molecule has 2 heterocycles. The summed E-state index contributed by atoms with van der Waals surface area (Å²) in [7, 11) is 4.14. The molecule has 1 aliphatic heterocycles. The highest BCUT2D eigenvalue weighted by Gasteiger charge is 2.30. The van der Waals surface area contributed by atoms with E-state index in [4.69, 9.17) is 5.73 Å². The van der Waals surface area contributed by atoms with E-state index in [1.165, 1.54) is 5.56 Å². The Balaban J connectivity index is 2.02. The molecule has 1 aliphatic rings. The largest absolute Gasteiger partial charge is 0.394 e. The molecule has 1 fully saturated rings. The minimum Gasteiger partial charge on any atom is -0.394 e. The van der Waals surface area contributed by atoms with Gasteiger partial charge in [-0.1, -0.05) is 30.3 Å². The molecule has 0 aliphatic carbocycles. The highest BCUT2D eigenvalue weighted by molar-refractivity contribution is 5.67. The summed E-state index contributed by atoms with van der Waals surface area (Å²) in [6.45, 7) is 4.95. The van der Waals surface area contributed by atoms with Gasteiger partial charge in [0.1, 0.15) is 0 Å². The van der Waals surface area contributed by atoms with Crippen LogP contribution in [-0.4, -0.2) is 41.4 Å². The second-order valence-corrected chi connectivity index (χ2v) is 5.83. The summed E-state index contributed by atoms with van der Waals surface area (Å²) in [6.07, 6.45) is 0. The fourth-order valence-corrected chi connectivity index (χ4v) is 3.14. The summed E-state index contributed by atoms with van der Waals surface area (Å²) in [5.41, 5.74) is 9.29. The number of nitrogens with zero attached hydrogens (tertiary/aromatic N) is 4. The lowest BCUT2D eigenvalue weighted by Gasteiger charge is -2.41. The van der Waals surface area contributed by atoms with Crippen LogP contribution in [0.2, 0.25) is 0 Å². The molecular formula is C16H23N5. The van der Waals surface area contributed by atoms with Crippen molar-refractivity contribution in [2.24, 2.45) is 7.05 Å². The van der Waals surface area contributed by atoms with E-state index in [0.29, 0.717) is 6.04 Å². The number of aromatic nitrogens is 2. The van der Waals surface area contributed by atoms with Crippen molar-refractivity contribution in [3.05, 3.63) is 41.6 Å². The summed E-state index contributed by atoms with van der Waals surface area (Å²) >= 11 is 0. The van der Waals surface area contributed by atoms with Gasteiger partial charge >= 0.3 is 0 Å². The lowest BCUT2D eigenvalue weighted by atomic mass is 10.0. The fraction of sp³-hybridized carbons (Fsp3) is 0.438. The van der Waals surface area contributed by atoms with E-state index in [1.54, 1.807) is 0 Å². The van der Waals surface area contributed by atoms with E-state index in [1.807, 2.05) is 18.7 Å². The number of nitrogen functional groups attached to an aromatic ring is 1. The molecule has 5 heteroatoms. The molecule has 3 rings (SSSR count). The maximum atomic E-state index is 6.27. The number of anilines is 2. The molecule has 1 atom stereocenters. The Kier molecular flexibility index (Phi) is 3.59. The minimum atomic E-state index is 0.307. The van der Waals surface area contributed by atoms with Gasteiger partial charge < -0.3 is 15.5 Å². The van der Waals surface area contributed by atoms with Gasteiger partial charge in [-0.2, -0.15) is 5.10 Å². The van der Waals surface area contributed by atoms with Crippen molar-refractivity contribution in [2.45, 2.75) is 13.0 Å². The van der Waals surface area contributed by atoms with Gasteiger partial charge in [0.15, 0.2) is 5.82 Å². The molecule has 2 N–H and O–H groups in total. The van der Waals surface area contributed by atoms with E-state index in [0.717, 1.165) is 36.8 Å². The third kappa shape index (κ3) is 2.49. The molecular weight excluding hydrogens is 262 g/mol. The predicted octanol–water partition coefficient (Wildman–Crippen LogP) is 1.80. The van der Waals surface area contributed by atoms with Crippen LogP contribution in [0.5, 0.6) is 0 Å². The van der Waals surface area contributed by atoms with Gasteiger partial charge in [-0.15, -0.1) is 0 Å². The van der Waals surface area contributed by atoms with Crippen LogP contribution in [0.4, 0.5) is 11.5 Å². The van der Waals surface area contributed by atoms with Crippen molar-refractivity contribution in [2.75, 3.05) is 37.3 Å². The van der Waals surface area contributed by atoms with Crippen molar-refractivity contribution >= 4 is 11.5 Å². The second-order valence-electron chi connectivity index (χ2n) is 5.83. The first-order chi connectivity index (χ1) is 10.1. The monoisotopic (exact) mass is 285 g/mol. The predicted molar refractivity (Wildman–Crippen MR) is 86.4 cm³/mol. The molecule has 1 saturated heterocycles. The average Bonchev–Trinajstić information content (AvgIpc) is 2.73. The number of benzene rings is 1. The fourth-order valence-electron chi connectivity index (χ4n) is 3.14. The number of likely N-dealkylation sites (N-methyl/N-ethyl adjacent to an activating group) is 1. The van der Waals surface area contributed by atoms with Gasteiger partial charge in [0.25, 0.3) is 0 Å². The van der Waals surface area contributed by atoms with Crippen LogP contribution in [-0.2, 0) is 7.05 Å². The summed E-state index contributed by atoms with van der Waals surface area (Å²) in [4.78, 5) is 4.76. The van der Waals surface area contributed by atoms with Crippen LogP contribution in [0.1, 0.15) is 17.3 Å². The molecule has 112 valence electrons. The van der Waals surface area contributed by atoms with Crippen LogP contribution >= 0.6 is 0 Å². The van der Waals surface area contributed by atoms with Crippen molar-refractivity contribution in [3.8, 4) is 0 Å². The number of aryl methyl sites for hydroxylation is 2. The minimum absolute atomic E-state index is 0.307. The summed E-state index contributed by atoms with van der Waals surface area (Å²) in [6, 6.07) is 10.9. The molecule has 2 aromatic rings. The van der Waals surface area contributed by atoms with E-state index in [9.17, 15) is 0 Å². The Morgan fingerprint density at radius 2 is 1.86 bits per heavy atom. The number of piperazine rings is 1. The van der Waals surface area contributed by atoms with Crippen molar-refractivity contribution in [1.29, 1.82) is 0 Å². The molecule has 1 aromatic carbocycles. The van der Waals surface area contributed by atoms with Gasteiger partial charge in [0, 0.05) is 26.7 Å². The molecule has 0 saturated carbocycles. The Labute approximate surface area is 126 Å². The summed E-state index contributed by atoms with van der Waals surface area (Å²) in [5, 5.41) is 4.47. The normalized spacial score (nSPS) is 20.0. The average molecular weight is 285 g/mol. The Morgan fingerprint density at radius 3 is 2.48 bits per heavy atom. The highest BCUT2D eigenvalue weighted by Crippen LogP contribution is 2.34. The molecule has 0 amide bonds. The van der Waals surface area contributed by atoms with Crippen LogP contribution in [0.25, 0.3) is 0 Å². The number of hydrogen-bond acceptors (Lipinski definition) is 4. The Bertz CT molecular complexity index is 619. The van der Waals surface area contributed by atoms with Gasteiger partial charge in [-0.25, -0.2) is 0 Å². The first kappa shape index (κ1) is 13.9. The number of hydrogen-bond donors (Lipinski definition) is 1. The molecule has 1 aromatic heterocycles. The zero-order valence-corrected chi connectivity index (χ0v) is 13.0. The lowest BCUT2D eigenvalue weighted by molar-refractivity contribution is 0.267. The maximum absolute atomic E-state index is 6.27. The zero-order valence-electron chi connectivity index (χ0n) is 13.0. The van der Waals surface area contributed by atoms with Crippen molar-refractivity contribution in [1.82, 2.24) is 14.7 Å². The molecule has 1 unspecified atom stereocenters. The van der Waals surface area contributed by atoms with E-state index >= 15 is 0 Å². The highest BCUT2D eigenvalue weighted by atomic mass is 15.4. The maximum Gasteiger partial charge on any atom is 0.151 e. The van der Waals surface area contributed by atoms with Gasteiger partial charge in [0.05, 0.1) is 17.4 Å². The standard InChI is InChI=1S/C16H23N5/c1-12-15(17)16(20(3)18-12)21-10-9-19(2)11-14(21)13-7-5-4-6-8-13/h4-8,14H,9-11,17H2,1-3H3.